The quantitative estimate of drug-likeness (QED) is 0.494. The summed E-state index contributed by atoms with van der Waals surface area (Å²) in [6.45, 7) is 3.84. The molecule has 2 heterocycles. The Labute approximate surface area is 186 Å². The zero-order valence-corrected chi connectivity index (χ0v) is 18.4. The highest BCUT2D eigenvalue weighted by Crippen LogP contribution is 2.22. The largest absolute Gasteiger partial charge is 0.352 e. The molecule has 0 aliphatic carbocycles. The smallest absolute Gasteiger partial charge is 0.323 e. The van der Waals surface area contributed by atoms with Crippen LogP contribution in [0.4, 0.5) is 5.69 Å². The van der Waals surface area contributed by atoms with Crippen molar-refractivity contribution < 1.29 is 4.79 Å². The number of carbonyl (C=O) groups is 1. The van der Waals surface area contributed by atoms with Gasteiger partial charge in [-0.25, -0.2) is 13.9 Å². The van der Waals surface area contributed by atoms with Gasteiger partial charge in [0.2, 0.25) is 11.7 Å². The van der Waals surface area contributed by atoms with E-state index in [0.29, 0.717) is 39.6 Å². The van der Waals surface area contributed by atoms with Crippen LogP contribution in [0.3, 0.4) is 0 Å². The fraction of sp³-hybridized carbons (Fsp3) is 0.238. The predicted molar refractivity (Wildman–Crippen MR) is 121 cm³/mol. The summed E-state index contributed by atoms with van der Waals surface area (Å²) in [7, 11) is 0. The maximum Gasteiger partial charge on any atom is 0.352 e. The molecule has 0 radical (unpaired) electrons. The summed E-state index contributed by atoms with van der Waals surface area (Å²) in [6.07, 6.45) is 0.662. The molecule has 4 rings (SSSR count). The lowest BCUT2D eigenvalue weighted by Gasteiger charge is -2.08. The number of benzene rings is 2. The van der Waals surface area contributed by atoms with E-state index in [1.165, 1.54) is 15.0 Å². The average Bonchev–Trinajstić information content (AvgIpc) is 3.03. The zero-order chi connectivity index (χ0) is 22.3. The second-order valence-electron chi connectivity index (χ2n) is 7.23. The minimum atomic E-state index is -0.530. The molecular weight excluding hydrogens is 441 g/mol. The fourth-order valence-corrected chi connectivity index (χ4v) is 3.92. The number of aromatic nitrogens is 4. The van der Waals surface area contributed by atoms with E-state index in [2.05, 4.69) is 10.4 Å². The fourth-order valence-electron chi connectivity index (χ4n) is 3.47. The van der Waals surface area contributed by atoms with E-state index < -0.39 is 11.6 Å². The number of hydrogen-bond donors (Lipinski definition) is 1. The van der Waals surface area contributed by atoms with E-state index in [1.54, 1.807) is 24.3 Å². The van der Waals surface area contributed by atoms with Gasteiger partial charge in [-0.05, 0) is 49.2 Å². The van der Waals surface area contributed by atoms with Crippen molar-refractivity contribution >= 4 is 51.5 Å². The van der Waals surface area contributed by atoms with E-state index in [9.17, 15) is 14.4 Å². The highest BCUT2D eigenvalue weighted by atomic mass is 35.5. The Kier molecular flexibility index (Phi) is 5.60. The third-order valence-corrected chi connectivity index (χ3v) is 5.43. The molecule has 0 unspecified atom stereocenters. The Bertz CT molecular complexity index is 1450. The number of anilines is 1. The molecule has 0 aliphatic heterocycles. The van der Waals surface area contributed by atoms with Crippen LogP contribution in [0.15, 0.2) is 46.0 Å². The molecule has 4 aromatic rings. The number of carbonyl (C=O) groups excluding carboxylic acids is 1. The molecule has 2 aromatic heterocycles. The van der Waals surface area contributed by atoms with Crippen LogP contribution in [0.2, 0.25) is 10.0 Å². The number of rotatable bonds is 5. The number of aryl methyl sites for hydroxylation is 2. The van der Waals surface area contributed by atoms with Gasteiger partial charge in [0.25, 0.3) is 5.56 Å². The van der Waals surface area contributed by atoms with Crippen LogP contribution in [0, 0.1) is 6.92 Å². The number of fused-ring (bicyclic) bond motifs is 3. The molecule has 0 spiro atoms. The van der Waals surface area contributed by atoms with Crippen LogP contribution in [0.5, 0.6) is 0 Å². The first kappa shape index (κ1) is 21.1. The highest BCUT2D eigenvalue weighted by molar-refractivity contribution is 6.33. The van der Waals surface area contributed by atoms with E-state index in [4.69, 9.17) is 23.2 Å². The molecule has 10 heteroatoms. The summed E-state index contributed by atoms with van der Waals surface area (Å²) in [4.78, 5) is 38.7. The lowest BCUT2D eigenvalue weighted by Crippen LogP contribution is -2.29. The van der Waals surface area contributed by atoms with E-state index in [-0.39, 0.29) is 17.9 Å². The van der Waals surface area contributed by atoms with Gasteiger partial charge in [0.15, 0.2) is 0 Å². The first-order valence-electron chi connectivity index (χ1n) is 9.67. The van der Waals surface area contributed by atoms with Crippen LogP contribution < -0.4 is 16.6 Å². The summed E-state index contributed by atoms with van der Waals surface area (Å²) in [5.74, 6) is -0.291. The van der Waals surface area contributed by atoms with Crippen molar-refractivity contribution in [1.29, 1.82) is 0 Å². The number of amides is 1. The molecule has 0 fully saturated rings. The van der Waals surface area contributed by atoms with Gasteiger partial charge < -0.3 is 5.32 Å². The zero-order valence-electron chi connectivity index (χ0n) is 16.9. The minimum absolute atomic E-state index is 0.174. The van der Waals surface area contributed by atoms with Crippen molar-refractivity contribution in [2.75, 3.05) is 5.32 Å². The molecule has 1 amide bonds. The summed E-state index contributed by atoms with van der Waals surface area (Å²) in [5, 5.41) is 8.07. The number of nitrogens with zero attached hydrogens (tertiary/aromatic N) is 4. The Balaban J connectivity index is 1.81. The van der Waals surface area contributed by atoms with Gasteiger partial charge >= 0.3 is 5.69 Å². The molecular formula is C21H19Cl2N5O3. The van der Waals surface area contributed by atoms with Gasteiger partial charge in [-0.1, -0.05) is 36.2 Å². The van der Waals surface area contributed by atoms with E-state index in [1.807, 2.05) is 19.9 Å². The Hall–Kier alpha value is -3.10. The maximum absolute atomic E-state index is 13.1. The van der Waals surface area contributed by atoms with Gasteiger partial charge in [0, 0.05) is 11.6 Å². The minimum Gasteiger partial charge on any atom is -0.323 e. The molecule has 160 valence electrons. The SMILES string of the molecule is CCCn1c(=O)c2cc(Cl)ccc2n2c(=O)n(CC(=O)Nc3ccc(C)cc3Cl)nc12. The summed E-state index contributed by atoms with van der Waals surface area (Å²) < 4.78 is 3.78. The van der Waals surface area contributed by atoms with Crippen LogP contribution in [0.1, 0.15) is 18.9 Å². The average molecular weight is 460 g/mol. The molecule has 0 atom stereocenters. The molecule has 0 saturated carbocycles. The highest BCUT2D eigenvalue weighted by Gasteiger charge is 2.19. The van der Waals surface area contributed by atoms with Crippen molar-refractivity contribution in [1.82, 2.24) is 18.7 Å². The lowest BCUT2D eigenvalue weighted by molar-refractivity contribution is -0.117. The van der Waals surface area contributed by atoms with Crippen LogP contribution in [-0.4, -0.2) is 24.7 Å². The van der Waals surface area contributed by atoms with Gasteiger partial charge in [0.1, 0.15) is 6.54 Å². The van der Waals surface area contributed by atoms with Gasteiger partial charge in [0.05, 0.1) is 21.6 Å². The molecule has 0 aliphatic rings. The van der Waals surface area contributed by atoms with E-state index >= 15 is 0 Å². The van der Waals surface area contributed by atoms with Crippen LogP contribution in [-0.2, 0) is 17.9 Å². The number of nitrogens with one attached hydrogen (secondary N) is 1. The number of halogens is 2. The van der Waals surface area contributed by atoms with Gasteiger partial charge in [-0.15, -0.1) is 5.10 Å². The Morgan fingerprint density at radius 2 is 1.90 bits per heavy atom. The van der Waals surface area contributed by atoms with Crippen LogP contribution in [0.25, 0.3) is 16.7 Å². The molecule has 2 aromatic carbocycles. The molecule has 0 bridgehead atoms. The van der Waals surface area contributed by atoms with Crippen molar-refractivity contribution in [3.8, 4) is 0 Å². The van der Waals surface area contributed by atoms with Crippen molar-refractivity contribution in [2.45, 2.75) is 33.4 Å². The third-order valence-electron chi connectivity index (χ3n) is 4.88. The predicted octanol–water partition coefficient (Wildman–Crippen LogP) is 3.47. The summed E-state index contributed by atoms with van der Waals surface area (Å²) in [6, 6.07) is 9.97. The number of hydrogen-bond acceptors (Lipinski definition) is 4. The molecule has 31 heavy (non-hydrogen) atoms. The molecule has 0 saturated heterocycles. The lowest BCUT2D eigenvalue weighted by atomic mass is 10.2. The second-order valence-corrected chi connectivity index (χ2v) is 8.07. The first-order chi connectivity index (χ1) is 14.8. The first-order valence-corrected chi connectivity index (χ1v) is 10.4. The summed E-state index contributed by atoms with van der Waals surface area (Å²) >= 11 is 12.2. The molecule has 8 nitrogen and oxygen atoms in total. The Morgan fingerprint density at radius 1 is 1.13 bits per heavy atom. The summed E-state index contributed by atoms with van der Waals surface area (Å²) in [5.41, 5.74) is 0.963. The topological polar surface area (TPSA) is 90.4 Å². The van der Waals surface area contributed by atoms with Gasteiger partial charge in [-0.2, -0.15) is 0 Å². The van der Waals surface area contributed by atoms with Crippen molar-refractivity contribution in [3.05, 3.63) is 72.8 Å². The van der Waals surface area contributed by atoms with E-state index in [0.717, 1.165) is 10.2 Å². The second kappa shape index (κ2) is 8.20. The Morgan fingerprint density at radius 3 is 2.61 bits per heavy atom. The van der Waals surface area contributed by atoms with Gasteiger partial charge in [-0.3, -0.25) is 14.2 Å². The standard InChI is InChI=1S/C21H19Cl2N5O3/c1-3-8-26-19(30)14-10-13(22)5-7-17(14)28-20(26)25-27(21(28)31)11-18(29)24-16-6-4-12(2)9-15(16)23/h4-7,9-10H,3,8,11H2,1-2H3,(H,24,29). The third kappa shape index (κ3) is 3.84. The monoisotopic (exact) mass is 459 g/mol. The molecule has 1 N–H and O–H groups in total. The van der Waals surface area contributed by atoms with Crippen molar-refractivity contribution in [2.24, 2.45) is 0 Å². The maximum atomic E-state index is 13.1. The van der Waals surface area contributed by atoms with Crippen molar-refractivity contribution in [3.63, 3.8) is 0 Å². The van der Waals surface area contributed by atoms with Crippen LogP contribution >= 0.6 is 23.2 Å². The normalized spacial score (nSPS) is 11.4.